The summed E-state index contributed by atoms with van der Waals surface area (Å²) in [5, 5.41) is -3.70. The Kier molecular flexibility index (Phi) is 5.04. The van der Waals surface area contributed by atoms with E-state index in [4.69, 9.17) is 0 Å². The molecule has 0 saturated heterocycles. The fourth-order valence-corrected chi connectivity index (χ4v) is 0.681. The maximum Gasteiger partial charge on any atom is 0.333 e. The van der Waals surface area contributed by atoms with Crippen LogP contribution in [0.15, 0.2) is 12.2 Å². The quantitative estimate of drug-likeness (QED) is 0.444. The zero-order chi connectivity index (χ0) is 11.4. The summed E-state index contributed by atoms with van der Waals surface area (Å²) in [6.07, 6.45) is -3.01. The summed E-state index contributed by atoms with van der Waals surface area (Å²) in [5.74, 6) is -0.723. The molecule has 0 aliphatic heterocycles. The fourth-order valence-electron chi connectivity index (χ4n) is 0.552. The standard InChI is InChI=1S/C8H11F3O2S/c1-5(2)7(12)13-4-3-6(9)8(10,11)14/h6,14H,1,3-4H2,2H3. The monoisotopic (exact) mass is 228 g/mol. The Morgan fingerprint density at radius 3 is 2.50 bits per heavy atom. The molecule has 14 heavy (non-hydrogen) atoms. The van der Waals surface area contributed by atoms with Crippen LogP contribution in [-0.2, 0) is 9.53 Å². The highest BCUT2D eigenvalue weighted by molar-refractivity contribution is 7.81. The van der Waals surface area contributed by atoms with Gasteiger partial charge in [-0.25, -0.2) is 9.18 Å². The zero-order valence-electron chi connectivity index (χ0n) is 7.60. The minimum atomic E-state index is -3.70. The number of esters is 1. The van der Waals surface area contributed by atoms with Crippen molar-refractivity contribution in [2.24, 2.45) is 0 Å². The van der Waals surface area contributed by atoms with Gasteiger partial charge in [0.15, 0.2) is 6.17 Å². The number of carbonyl (C=O) groups is 1. The van der Waals surface area contributed by atoms with E-state index in [1.54, 1.807) is 0 Å². The van der Waals surface area contributed by atoms with E-state index in [-0.39, 0.29) is 5.57 Å². The van der Waals surface area contributed by atoms with Crippen LogP contribution in [0.2, 0.25) is 0 Å². The van der Waals surface area contributed by atoms with Gasteiger partial charge in [0, 0.05) is 12.0 Å². The van der Waals surface area contributed by atoms with E-state index in [0.717, 1.165) is 0 Å². The smallest absolute Gasteiger partial charge is 0.333 e. The maximum absolute atomic E-state index is 12.5. The van der Waals surface area contributed by atoms with Crippen LogP contribution >= 0.6 is 12.6 Å². The second kappa shape index (κ2) is 5.29. The molecule has 0 aliphatic carbocycles. The Morgan fingerprint density at radius 1 is 1.64 bits per heavy atom. The van der Waals surface area contributed by atoms with Crippen molar-refractivity contribution in [1.29, 1.82) is 0 Å². The maximum atomic E-state index is 12.5. The van der Waals surface area contributed by atoms with Crippen molar-refractivity contribution in [2.75, 3.05) is 6.61 Å². The number of thiol groups is 1. The molecule has 1 atom stereocenters. The van der Waals surface area contributed by atoms with Crippen molar-refractivity contribution < 1.29 is 22.7 Å². The first kappa shape index (κ1) is 13.4. The van der Waals surface area contributed by atoms with Crippen LogP contribution in [0, 0.1) is 0 Å². The average molecular weight is 228 g/mol. The van der Waals surface area contributed by atoms with Crippen molar-refractivity contribution in [3.8, 4) is 0 Å². The predicted octanol–water partition coefficient (Wildman–Crippen LogP) is 2.36. The third-order valence-electron chi connectivity index (χ3n) is 1.33. The summed E-state index contributed by atoms with van der Waals surface area (Å²) in [6, 6.07) is 0. The van der Waals surface area contributed by atoms with Crippen LogP contribution in [0.5, 0.6) is 0 Å². The zero-order valence-corrected chi connectivity index (χ0v) is 8.49. The second-order valence-corrected chi connectivity index (χ2v) is 3.36. The number of carbonyl (C=O) groups excluding carboxylic acids is 1. The van der Waals surface area contributed by atoms with E-state index < -0.39 is 30.4 Å². The lowest BCUT2D eigenvalue weighted by Gasteiger charge is -2.14. The van der Waals surface area contributed by atoms with Crippen LogP contribution < -0.4 is 0 Å². The first-order chi connectivity index (χ1) is 6.25. The summed E-state index contributed by atoms with van der Waals surface area (Å²) >= 11 is 2.75. The number of rotatable bonds is 5. The van der Waals surface area contributed by atoms with Crippen molar-refractivity contribution >= 4 is 18.6 Å². The van der Waals surface area contributed by atoms with E-state index >= 15 is 0 Å². The minimum absolute atomic E-state index is 0.137. The molecule has 0 heterocycles. The van der Waals surface area contributed by atoms with E-state index in [0.29, 0.717) is 0 Å². The van der Waals surface area contributed by atoms with Gasteiger partial charge in [0.25, 0.3) is 0 Å². The largest absolute Gasteiger partial charge is 0.462 e. The molecule has 0 aromatic rings. The normalized spacial score (nSPS) is 13.5. The summed E-state index contributed by atoms with van der Waals surface area (Å²) < 4.78 is 41.2. The molecule has 2 nitrogen and oxygen atoms in total. The minimum Gasteiger partial charge on any atom is -0.462 e. The molecular formula is C8H11F3O2S. The Morgan fingerprint density at radius 2 is 2.14 bits per heavy atom. The van der Waals surface area contributed by atoms with E-state index in [1.165, 1.54) is 6.92 Å². The van der Waals surface area contributed by atoms with Gasteiger partial charge in [-0.1, -0.05) is 6.58 Å². The van der Waals surface area contributed by atoms with E-state index in [1.807, 2.05) is 0 Å². The lowest BCUT2D eigenvalue weighted by molar-refractivity contribution is -0.140. The lowest BCUT2D eigenvalue weighted by Crippen LogP contribution is -2.25. The lowest BCUT2D eigenvalue weighted by atomic mass is 10.3. The van der Waals surface area contributed by atoms with E-state index in [9.17, 15) is 18.0 Å². The molecule has 0 radical (unpaired) electrons. The molecule has 0 aromatic heterocycles. The third kappa shape index (κ3) is 5.16. The highest BCUT2D eigenvalue weighted by atomic mass is 32.1. The molecule has 0 bridgehead atoms. The first-order valence-electron chi connectivity index (χ1n) is 3.82. The summed E-state index contributed by atoms with van der Waals surface area (Å²) in [5.41, 5.74) is 0.137. The van der Waals surface area contributed by atoms with Gasteiger partial charge in [-0.15, -0.1) is 12.6 Å². The summed E-state index contributed by atoms with van der Waals surface area (Å²) in [6.45, 7) is 4.26. The van der Waals surface area contributed by atoms with Crippen molar-refractivity contribution in [3.05, 3.63) is 12.2 Å². The molecule has 82 valence electrons. The molecule has 0 fully saturated rings. The Bertz CT molecular complexity index is 225. The first-order valence-corrected chi connectivity index (χ1v) is 4.26. The Labute approximate surface area is 85.5 Å². The van der Waals surface area contributed by atoms with Gasteiger partial charge in [-0.3, -0.25) is 0 Å². The number of ether oxygens (including phenoxy) is 1. The molecule has 6 heteroatoms. The van der Waals surface area contributed by atoms with Gasteiger partial charge in [0.05, 0.1) is 6.61 Å². The highest BCUT2D eigenvalue weighted by Crippen LogP contribution is 2.27. The van der Waals surface area contributed by atoms with Crippen molar-refractivity contribution in [1.82, 2.24) is 0 Å². The van der Waals surface area contributed by atoms with Crippen LogP contribution in [0.3, 0.4) is 0 Å². The predicted molar refractivity (Wildman–Crippen MR) is 49.2 cm³/mol. The van der Waals surface area contributed by atoms with Gasteiger partial charge < -0.3 is 4.74 Å². The van der Waals surface area contributed by atoms with Gasteiger partial charge in [0.1, 0.15) is 0 Å². The van der Waals surface area contributed by atoms with Crippen molar-refractivity contribution in [3.63, 3.8) is 0 Å². The summed E-state index contributed by atoms with van der Waals surface area (Å²) in [4.78, 5) is 10.7. The van der Waals surface area contributed by atoms with Gasteiger partial charge in [-0.2, -0.15) is 8.78 Å². The van der Waals surface area contributed by atoms with Crippen LogP contribution in [0.25, 0.3) is 0 Å². The number of hydrogen-bond acceptors (Lipinski definition) is 3. The second-order valence-electron chi connectivity index (χ2n) is 2.76. The van der Waals surface area contributed by atoms with E-state index in [2.05, 4.69) is 23.9 Å². The topological polar surface area (TPSA) is 26.3 Å². The van der Waals surface area contributed by atoms with Gasteiger partial charge in [0.2, 0.25) is 0 Å². The Balaban J connectivity index is 3.76. The molecule has 0 saturated carbocycles. The molecule has 0 aromatic carbocycles. The average Bonchev–Trinajstić information content (AvgIpc) is 2.01. The van der Waals surface area contributed by atoms with Crippen LogP contribution in [0.4, 0.5) is 13.2 Å². The highest BCUT2D eigenvalue weighted by Gasteiger charge is 2.35. The Hall–Kier alpha value is -0.650. The fraction of sp³-hybridized carbons (Fsp3) is 0.625. The summed E-state index contributed by atoms with van der Waals surface area (Å²) in [7, 11) is 0. The molecule has 1 unspecified atom stereocenters. The molecule has 0 amide bonds. The number of alkyl halides is 3. The third-order valence-corrected chi connectivity index (χ3v) is 1.61. The van der Waals surface area contributed by atoms with Crippen molar-refractivity contribution in [2.45, 2.75) is 24.8 Å². The molecule has 0 N–H and O–H groups in total. The SMILES string of the molecule is C=C(C)C(=O)OCCC(F)C(F)(F)S. The number of halogens is 3. The molecule has 0 rings (SSSR count). The van der Waals surface area contributed by atoms with Crippen LogP contribution in [0.1, 0.15) is 13.3 Å². The molecular weight excluding hydrogens is 217 g/mol. The number of hydrogen-bond donors (Lipinski definition) is 1. The van der Waals surface area contributed by atoms with Gasteiger partial charge >= 0.3 is 11.2 Å². The van der Waals surface area contributed by atoms with Crippen LogP contribution in [-0.4, -0.2) is 24.0 Å². The van der Waals surface area contributed by atoms with Gasteiger partial charge in [-0.05, 0) is 6.92 Å². The molecule has 0 aliphatic rings. The molecule has 0 spiro atoms.